The average molecular weight is 330 g/mol. The van der Waals surface area contributed by atoms with Crippen molar-refractivity contribution in [3.05, 3.63) is 36.3 Å². The number of aromatic nitrogens is 3. The number of aryl methyl sites for hydroxylation is 1. The van der Waals surface area contributed by atoms with Crippen LogP contribution in [-0.2, 0) is 23.1 Å². The SMILES string of the molecule is Cn1nccc1-c1cncc(CNC(=O)OC[C@@H]2CCCCO2)c1. The molecule has 7 nitrogen and oxygen atoms in total. The Morgan fingerprint density at radius 3 is 3.12 bits per heavy atom. The number of carbonyl (C=O) groups is 1. The molecule has 128 valence electrons. The lowest BCUT2D eigenvalue weighted by molar-refractivity contribution is -0.0223. The van der Waals surface area contributed by atoms with Gasteiger partial charge in [0.2, 0.25) is 0 Å². The molecular weight excluding hydrogens is 308 g/mol. The van der Waals surface area contributed by atoms with Crippen LogP contribution < -0.4 is 5.32 Å². The van der Waals surface area contributed by atoms with E-state index in [1.807, 2.05) is 19.2 Å². The molecule has 0 aromatic carbocycles. The highest BCUT2D eigenvalue weighted by molar-refractivity contribution is 5.67. The summed E-state index contributed by atoms with van der Waals surface area (Å²) in [6.45, 7) is 1.42. The van der Waals surface area contributed by atoms with Crippen molar-refractivity contribution in [2.45, 2.75) is 31.9 Å². The number of hydrogen-bond donors (Lipinski definition) is 1. The van der Waals surface area contributed by atoms with Gasteiger partial charge in [0, 0.05) is 44.4 Å². The summed E-state index contributed by atoms with van der Waals surface area (Å²) in [5.41, 5.74) is 2.83. The van der Waals surface area contributed by atoms with E-state index in [2.05, 4.69) is 15.4 Å². The van der Waals surface area contributed by atoms with Gasteiger partial charge in [-0.05, 0) is 37.0 Å². The van der Waals surface area contributed by atoms with Crippen LogP contribution >= 0.6 is 0 Å². The van der Waals surface area contributed by atoms with E-state index < -0.39 is 6.09 Å². The highest BCUT2D eigenvalue weighted by atomic mass is 16.6. The minimum absolute atomic E-state index is 0.0272. The molecule has 1 saturated heterocycles. The molecule has 0 unspecified atom stereocenters. The Labute approximate surface area is 141 Å². The predicted molar refractivity (Wildman–Crippen MR) is 88.2 cm³/mol. The van der Waals surface area contributed by atoms with Crippen molar-refractivity contribution in [2.75, 3.05) is 13.2 Å². The second-order valence-corrected chi connectivity index (χ2v) is 5.86. The summed E-state index contributed by atoms with van der Waals surface area (Å²) in [6, 6.07) is 3.90. The fourth-order valence-corrected chi connectivity index (χ4v) is 2.71. The van der Waals surface area contributed by atoms with Gasteiger partial charge in [-0.3, -0.25) is 9.67 Å². The zero-order valence-corrected chi connectivity index (χ0v) is 13.8. The van der Waals surface area contributed by atoms with E-state index in [9.17, 15) is 4.79 Å². The molecule has 0 radical (unpaired) electrons. The maximum absolute atomic E-state index is 11.8. The van der Waals surface area contributed by atoms with Crippen LogP contribution in [0.4, 0.5) is 4.79 Å². The van der Waals surface area contributed by atoms with Crippen LogP contribution in [0, 0.1) is 0 Å². The maximum atomic E-state index is 11.8. The first-order chi connectivity index (χ1) is 11.7. The highest BCUT2D eigenvalue weighted by Gasteiger charge is 2.15. The molecule has 0 spiro atoms. The van der Waals surface area contributed by atoms with Crippen molar-refractivity contribution in [3.8, 4) is 11.3 Å². The molecule has 0 aliphatic carbocycles. The van der Waals surface area contributed by atoms with Crippen molar-refractivity contribution in [1.29, 1.82) is 0 Å². The van der Waals surface area contributed by atoms with Crippen molar-refractivity contribution >= 4 is 6.09 Å². The van der Waals surface area contributed by atoms with E-state index in [0.29, 0.717) is 13.2 Å². The Hall–Kier alpha value is -2.41. The summed E-state index contributed by atoms with van der Waals surface area (Å²) in [6.07, 6.45) is 8.00. The van der Waals surface area contributed by atoms with E-state index in [-0.39, 0.29) is 6.10 Å². The van der Waals surface area contributed by atoms with E-state index >= 15 is 0 Å². The van der Waals surface area contributed by atoms with Gasteiger partial charge in [-0.25, -0.2) is 4.79 Å². The number of amides is 1. The third-order valence-corrected chi connectivity index (χ3v) is 4.02. The molecule has 1 aliphatic heterocycles. The number of rotatable bonds is 5. The number of alkyl carbamates (subject to hydrolysis) is 1. The molecule has 1 fully saturated rings. The molecule has 2 aromatic heterocycles. The van der Waals surface area contributed by atoms with Crippen LogP contribution in [0.5, 0.6) is 0 Å². The predicted octanol–water partition coefficient (Wildman–Crippen LogP) is 2.28. The first kappa shape index (κ1) is 16.4. The van der Waals surface area contributed by atoms with Gasteiger partial charge in [0.1, 0.15) is 6.61 Å². The van der Waals surface area contributed by atoms with Gasteiger partial charge in [-0.1, -0.05) is 0 Å². The molecule has 1 amide bonds. The van der Waals surface area contributed by atoms with Crippen molar-refractivity contribution < 1.29 is 14.3 Å². The van der Waals surface area contributed by atoms with Gasteiger partial charge in [0.25, 0.3) is 0 Å². The number of hydrogen-bond acceptors (Lipinski definition) is 5. The minimum Gasteiger partial charge on any atom is -0.447 e. The monoisotopic (exact) mass is 330 g/mol. The van der Waals surface area contributed by atoms with E-state index in [4.69, 9.17) is 9.47 Å². The molecule has 1 atom stereocenters. The topological polar surface area (TPSA) is 78.3 Å². The summed E-state index contributed by atoms with van der Waals surface area (Å²) in [5, 5.41) is 6.90. The lowest BCUT2D eigenvalue weighted by Gasteiger charge is -2.22. The summed E-state index contributed by atoms with van der Waals surface area (Å²) in [7, 11) is 1.88. The first-order valence-electron chi connectivity index (χ1n) is 8.17. The Balaban J connectivity index is 1.49. The Morgan fingerprint density at radius 2 is 2.38 bits per heavy atom. The second kappa shape index (κ2) is 7.92. The van der Waals surface area contributed by atoms with Gasteiger partial charge in [-0.15, -0.1) is 0 Å². The van der Waals surface area contributed by atoms with E-state index in [1.54, 1.807) is 23.3 Å². The Morgan fingerprint density at radius 1 is 1.46 bits per heavy atom. The summed E-state index contributed by atoms with van der Waals surface area (Å²) in [5.74, 6) is 0. The van der Waals surface area contributed by atoms with Crippen LogP contribution in [0.2, 0.25) is 0 Å². The molecule has 0 saturated carbocycles. The molecular formula is C17H22N4O3. The summed E-state index contributed by atoms with van der Waals surface area (Å²) in [4.78, 5) is 16.0. The number of carbonyl (C=O) groups excluding carboxylic acids is 1. The zero-order chi connectivity index (χ0) is 16.8. The normalized spacial score (nSPS) is 17.5. The minimum atomic E-state index is -0.435. The van der Waals surface area contributed by atoms with Crippen molar-refractivity contribution in [2.24, 2.45) is 7.05 Å². The Kier molecular flexibility index (Phi) is 5.43. The highest BCUT2D eigenvalue weighted by Crippen LogP contribution is 2.18. The lowest BCUT2D eigenvalue weighted by Crippen LogP contribution is -2.30. The van der Waals surface area contributed by atoms with Crippen molar-refractivity contribution in [1.82, 2.24) is 20.1 Å². The number of ether oxygens (including phenoxy) is 2. The van der Waals surface area contributed by atoms with Crippen LogP contribution in [0.25, 0.3) is 11.3 Å². The van der Waals surface area contributed by atoms with Crippen molar-refractivity contribution in [3.63, 3.8) is 0 Å². The van der Waals surface area contributed by atoms with Gasteiger partial charge < -0.3 is 14.8 Å². The fourth-order valence-electron chi connectivity index (χ4n) is 2.71. The second-order valence-electron chi connectivity index (χ2n) is 5.86. The molecule has 3 rings (SSSR count). The molecule has 3 heterocycles. The standard InChI is InChI=1S/C17H22N4O3/c1-21-16(5-6-20-21)14-8-13(9-18-11-14)10-19-17(22)24-12-15-4-2-3-7-23-15/h5-6,8-9,11,15H,2-4,7,10,12H2,1H3,(H,19,22)/t15-/m0/s1. The first-order valence-corrected chi connectivity index (χ1v) is 8.17. The van der Waals surface area contributed by atoms with E-state index in [0.717, 1.165) is 42.7 Å². The van der Waals surface area contributed by atoms with E-state index in [1.165, 1.54) is 0 Å². The van der Waals surface area contributed by atoms with Gasteiger partial charge in [0.15, 0.2) is 0 Å². The smallest absolute Gasteiger partial charge is 0.407 e. The molecule has 7 heteroatoms. The molecule has 24 heavy (non-hydrogen) atoms. The van der Waals surface area contributed by atoms with Crippen LogP contribution in [0.3, 0.4) is 0 Å². The molecule has 2 aromatic rings. The van der Waals surface area contributed by atoms with Crippen LogP contribution in [0.1, 0.15) is 24.8 Å². The van der Waals surface area contributed by atoms with Crippen LogP contribution in [-0.4, -0.2) is 40.2 Å². The van der Waals surface area contributed by atoms with Gasteiger partial charge >= 0.3 is 6.09 Å². The zero-order valence-electron chi connectivity index (χ0n) is 13.8. The molecule has 1 N–H and O–H groups in total. The number of pyridine rings is 1. The Bertz CT molecular complexity index is 680. The van der Waals surface area contributed by atoms with Crippen LogP contribution in [0.15, 0.2) is 30.7 Å². The quantitative estimate of drug-likeness (QED) is 0.910. The summed E-state index contributed by atoms with van der Waals surface area (Å²) >= 11 is 0. The summed E-state index contributed by atoms with van der Waals surface area (Å²) < 4.78 is 12.5. The third-order valence-electron chi connectivity index (χ3n) is 4.02. The third kappa shape index (κ3) is 4.32. The number of nitrogens with zero attached hydrogens (tertiary/aromatic N) is 3. The fraction of sp³-hybridized carbons (Fsp3) is 0.471. The largest absolute Gasteiger partial charge is 0.447 e. The van der Waals surface area contributed by atoms with Gasteiger partial charge in [-0.2, -0.15) is 5.10 Å². The number of nitrogens with one attached hydrogen (secondary N) is 1. The lowest BCUT2D eigenvalue weighted by atomic mass is 10.1. The average Bonchev–Trinajstić information content (AvgIpc) is 3.05. The molecule has 1 aliphatic rings. The molecule has 0 bridgehead atoms. The maximum Gasteiger partial charge on any atom is 0.407 e. The van der Waals surface area contributed by atoms with Gasteiger partial charge in [0.05, 0.1) is 11.8 Å².